The number of hydrogen-bond acceptors (Lipinski definition) is 3. The average Bonchev–Trinajstić information content (AvgIpc) is 1.61. The SMILES string of the molecule is CCCSI(O)S. The Labute approximate surface area is 58.5 Å². The van der Waals surface area contributed by atoms with Gasteiger partial charge >= 0.3 is 58.7 Å². The van der Waals surface area contributed by atoms with Crippen molar-refractivity contribution in [3.63, 3.8) is 0 Å². The standard InChI is InChI=1S/C3H9IOS2/c1-2-3-7-4(5)6/h5-6H,2-3H2,1H3. The zero-order valence-electron chi connectivity index (χ0n) is 4.09. The normalized spacial score (nSPS) is 11.6. The minimum atomic E-state index is -1.72. The molecule has 0 fully saturated rings. The summed E-state index contributed by atoms with van der Waals surface area (Å²) in [5, 5.41) is 0. The predicted octanol–water partition coefficient (Wildman–Crippen LogP) is 2.30. The molecule has 0 aromatic rings. The van der Waals surface area contributed by atoms with E-state index in [9.17, 15) is 0 Å². The first-order chi connectivity index (χ1) is 3.27. The molecule has 0 heterocycles. The van der Waals surface area contributed by atoms with Crippen molar-refractivity contribution in [3.8, 4) is 0 Å². The van der Waals surface area contributed by atoms with Gasteiger partial charge in [-0.15, -0.1) is 0 Å². The van der Waals surface area contributed by atoms with E-state index in [1.165, 1.54) is 0 Å². The summed E-state index contributed by atoms with van der Waals surface area (Å²) in [5.41, 5.74) is 0. The molecule has 0 aromatic heterocycles. The van der Waals surface area contributed by atoms with E-state index >= 15 is 0 Å². The van der Waals surface area contributed by atoms with Gasteiger partial charge in [-0.3, -0.25) is 0 Å². The molecule has 0 atom stereocenters. The van der Waals surface area contributed by atoms with Crippen LogP contribution >= 0.6 is 36.2 Å². The molecule has 0 aromatic carbocycles. The van der Waals surface area contributed by atoms with Crippen molar-refractivity contribution >= 4 is 36.2 Å². The van der Waals surface area contributed by atoms with E-state index in [2.05, 4.69) is 16.7 Å². The first-order valence-electron chi connectivity index (χ1n) is 1.99. The Balaban J connectivity index is 2.68. The molecule has 0 aliphatic heterocycles. The molecule has 7 heavy (non-hydrogen) atoms. The summed E-state index contributed by atoms with van der Waals surface area (Å²) in [6, 6.07) is 0. The van der Waals surface area contributed by atoms with Crippen LogP contribution in [-0.2, 0) is 0 Å². The van der Waals surface area contributed by atoms with Crippen molar-refractivity contribution in [3.05, 3.63) is 0 Å². The summed E-state index contributed by atoms with van der Waals surface area (Å²) in [5.74, 6) is 1.06. The van der Waals surface area contributed by atoms with Crippen LogP contribution in [-0.4, -0.2) is 9.19 Å². The Hall–Kier alpha value is 1.39. The molecule has 0 rings (SSSR count). The molecule has 0 aliphatic carbocycles. The fraction of sp³-hybridized carbons (Fsp3) is 1.00. The van der Waals surface area contributed by atoms with Crippen molar-refractivity contribution in [2.24, 2.45) is 0 Å². The second kappa shape index (κ2) is 5.53. The van der Waals surface area contributed by atoms with Gasteiger partial charge < -0.3 is 0 Å². The van der Waals surface area contributed by atoms with Gasteiger partial charge in [0.2, 0.25) is 0 Å². The summed E-state index contributed by atoms with van der Waals surface area (Å²) in [6.07, 6.45) is 1.14. The van der Waals surface area contributed by atoms with Crippen molar-refractivity contribution in [2.45, 2.75) is 13.3 Å². The van der Waals surface area contributed by atoms with Crippen molar-refractivity contribution in [1.29, 1.82) is 0 Å². The predicted molar refractivity (Wildman–Crippen MR) is 48.0 cm³/mol. The van der Waals surface area contributed by atoms with Crippen LogP contribution in [0.25, 0.3) is 0 Å². The third-order valence-electron chi connectivity index (χ3n) is 0.379. The first-order valence-corrected chi connectivity index (χ1v) is 9.71. The van der Waals surface area contributed by atoms with Crippen LogP contribution in [0.3, 0.4) is 0 Å². The van der Waals surface area contributed by atoms with E-state index < -0.39 is 17.5 Å². The summed E-state index contributed by atoms with van der Waals surface area (Å²) in [6.45, 7) is 2.10. The van der Waals surface area contributed by atoms with Crippen molar-refractivity contribution < 1.29 is 3.44 Å². The fourth-order valence-electron chi connectivity index (χ4n) is 0.146. The number of halogens is 1. The molecule has 0 radical (unpaired) electrons. The Bertz CT molecular complexity index is 41.9. The zero-order valence-corrected chi connectivity index (χ0v) is 7.96. The van der Waals surface area contributed by atoms with Crippen LogP contribution in [0.2, 0.25) is 0 Å². The molecule has 0 bridgehead atoms. The van der Waals surface area contributed by atoms with E-state index in [1.807, 2.05) is 0 Å². The van der Waals surface area contributed by atoms with Crippen LogP contribution in [0.15, 0.2) is 0 Å². The maximum absolute atomic E-state index is 8.67. The molecule has 1 nitrogen and oxygen atoms in total. The van der Waals surface area contributed by atoms with Gasteiger partial charge in [0.05, 0.1) is 0 Å². The van der Waals surface area contributed by atoms with Gasteiger partial charge in [0.1, 0.15) is 0 Å². The molecule has 0 amide bonds. The molecular formula is C3H9IOS2. The van der Waals surface area contributed by atoms with Crippen molar-refractivity contribution in [1.82, 2.24) is 0 Å². The van der Waals surface area contributed by atoms with Crippen LogP contribution in [0.1, 0.15) is 13.3 Å². The van der Waals surface area contributed by atoms with E-state index in [0.29, 0.717) is 0 Å². The third kappa shape index (κ3) is 7.39. The molecule has 4 heteroatoms. The summed E-state index contributed by atoms with van der Waals surface area (Å²) in [4.78, 5) is 0. The maximum atomic E-state index is 8.67. The van der Waals surface area contributed by atoms with Crippen LogP contribution in [0.4, 0.5) is 0 Å². The molecule has 0 saturated carbocycles. The Morgan fingerprint density at radius 1 is 1.86 bits per heavy atom. The molecular weight excluding hydrogens is 243 g/mol. The summed E-state index contributed by atoms with van der Waals surface area (Å²) in [7, 11) is 5.51. The van der Waals surface area contributed by atoms with Gasteiger partial charge in [-0.05, 0) is 0 Å². The zero-order chi connectivity index (χ0) is 5.70. The molecule has 0 spiro atoms. The summed E-state index contributed by atoms with van der Waals surface area (Å²) >= 11 is -1.72. The van der Waals surface area contributed by atoms with Crippen LogP contribution < -0.4 is 0 Å². The van der Waals surface area contributed by atoms with Crippen LogP contribution in [0, 0.1) is 0 Å². The quantitative estimate of drug-likeness (QED) is 0.593. The molecule has 0 unspecified atom stereocenters. The number of thiol groups is 1. The van der Waals surface area contributed by atoms with Gasteiger partial charge in [0, 0.05) is 0 Å². The van der Waals surface area contributed by atoms with E-state index in [0.717, 1.165) is 12.2 Å². The molecule has 46 valence electrons. The van der Waals surface area contributed by atoms with Crippen LogP contribution in [0.5, 0.6) is 0 Å². The number of hydrogen-bond donors (Lipinski definition) is 2. The van der Waals surface area contributed by atoms with Crippen molar-refractivity contribution in [2.75, 3.05) is 5.75 Å². The van der Waals surface area contributed by atoms with Gasteiger partial charge in [-0.25, -0.2) is 0 Å². The number of rotatable bonds is 3. The van der Waals surface area contributed by atoms with E-state index in [4.69, 9.17) is 3.44 Å². The average molecular weight is 252 g/mol. The second-order valence-electron chi connectivity index (χ2n) is 1.03. The Morgan fingerprint density at radius 3 is 2.57 bits per heavy atom. The van der Waals surface area contributed by atoms with E-state index in [1.54, 1.807) is 8.93 Å². The van der Waals surface area contributed by atoms with Gasteiger partial charge in [0.15, 0.2) is 0 Å². The van der Waals surface area contributed by atoms with Gasteiger partial charge in [-0.2, -0.15) is 0 Å². The minimum absolute atomic E-state index is 1.06. The third-order valence-corrected chi connectivity index (χ3v) is 6.09. The topological polar surface area (TPSA) is 20.2 Å². The molecule has 0 aliphatic rings. The van der Waals surface area contributed by atoms with E-state index in [-0.39, 0.29) is 0 Å². The van der Waals surface area contributed by atoms with Gasteiger partial charge in [0.25, 0.3) is 0 Å². The second-order valence-corrected chi connectivity index (χ2v) is 10.4. The first kappa shape index (κ1) is 8.39. The molecule has 1 N–H and O–H groups in total. The Morgan fingerprint density at radius 2 is 2.43 bits per heavy atom. The monoisotopic (exact) mass is 252 g/mol. The summed E-state index contributed by atoms with van der Waals surface area (Å²) < 4.78 is 8.67. The fourth-order valence-corrected chi connectivity index (χ4v) is 4.33. The van der Waals surface area contributed by atoms with Gasteiger partial charge in [-0.1, -0.05) is 0 Å². The molecule has 0 saturated heterocycles. The Kier molecular flexibility index (Phi) is 6.62.